The number of hydrogen-bond donors (Lipinski definition) is 0. The van der Waals surface area contributed by atoms with Crippen molar-refractivity contribution in [2.75, 3.05) is 13.7 Å². The average molecular weight is 541 g/mol. The van der Waals surface area contributed by atoms with E-state index in [-0.39, 0.29) is 27.9 Å². The lowest BCUT2D eigenvalue weighted by Crippen LogP contribution is -2.06. The minimum Gasteiger partial charge on any atom is -0.493 e. The number of rotatable bonds is 7. The number of esters is 1. The number of benzene rings is 2. The lowest BCUT2D eigenvalue weighted by Gasteiger charge is -2.12. The van der Waals surface area contributed by atoms with Gasteiger partial charge >= 0.3 is 5.97 Å². The molecule has 0 aliphatic carbocycles. The van der Waals surface area contributed by atoms with Gasteiger partial charge in [-0.2, -0.15) is 0 Å². The Balaban J connectivity index is 1.99. The van der Waals surface area contributed by atoms with Crippen LogP contribution in [0.15, 0.2) is 53.7 Å². The number of ether oxygens (including phenoxy) is 3. The summed E-state index contributed by atoms with van der Waals surface area (Å²) in [6, 6.07) is 7.28. The molecule has 0 N–H and O–H groups in total. The van der Waals surface area contributed by atoms with Crippen molar-refractivity contribution >= 4 is 57.8 Å². The van der Waals surface area contributed by atoms with E-state index < -0.39 is 10.9 Å². The number of nitro benzene ring substituents is 1. The van der Waals surface area contributed by atoms with Crippen molar-refractivity contribution in [2.24, 2.45) is 4.99 Å². The van der Waals surface area contributed by atoms with Crippen molar-refractivity contribution in [3.63, 3.8) is 0 Å². The average Bonchev–Trinajstić information content (AvgIpc) is 3.07. The predicted octanol–water partition coefficient (Wildman–Crippen LogP) is 4.77. The molecule has 1 aliphatic rings. The molecule has 0 bridgehead atoms. The molecule has 30 heavy (non-hydrogen) atoms. The SMILES string of the molecule is C=CCOc1c(I)cc(/C=C2/N=C(c3cc([N+](=O)[O-])ccc3Cl)OC2=O)cc1OC. The lowest BCUT2D eigenvalue weighted by atomic mass is 10.1. The van der Waals surface area contributed by atoms with Gasteiger partial charge in [0.15, 0.2) is 17.2 Å². The van der Waals surface area contributed by atoms with Crippen LogP contribution in [0.1, 0.15) is 11.1 Å². The monoisotopic (exact) mass is 540 g/mol. The van der Waals surface area contributed by atoms with Crippen LogP contribution < -0.4 is 9.47 Å². The summed E-state index contributed by atoms with van der Waals surface area (Å²) in [5, 5.41) is 11.2. The maximum absolute atomic E-state index is 12.3. The van der Waals surface area contributed by atoms with Crippen LogP contribution in [0.4, 0.5) is 5.69 Å². The van der Waals surface area contributed by atoms with Gasteiger partial charge < -0.3 is 14.2 Å². The van der Waals surface area contributed by atoms with Gasteiger partial charge in [0.2, 0.25) is 5.90 Å². The second kappa shape index (κ2) is 9.26. The maximum Gasteiger partial charge on any atom is 0.363 e. The van der Waals surface area contributed by atoms with E-state index in [1.54, 1.807) is 18.2 Å². The molecule has 10 heteroatoms. The molecule has 0 unspecified atom stereocenters. The number of carbonyl (C=O) groups excluding carboxylic acids is 1. The molecule has 2 aromatic carbocycles. The van der Waals surface area contributed by atoms with E-state index >= 15 is 0 Å². The number of nitrogens with zero attached hydrogens (tertiary/aromatic N) is 2. The highest BCUT2D eigenvalue weighted by molar-refractivity contribution is 14.1. The first-order chi connectivity index (χ1) is 14.3. The summed E-state index contributed by atoms with van der Waals surface area (Å²) < 4.78 is 16.9. The van der Waals surface area contributed by atoms with Gasteiger partial charge in [0, 0.05) is 12.1 Å². The topological polar surface area (TPSA) is 100 Å². The molecule has 1 heterocycles. The molecule has 0 saturated heterocycles. The molecule has 2 aromatic rings. The van der Waals surface area contributed by atoms with Gasteiger partial charge in [0.25, 0.3) is 5.69 Å². The highest BCUT2D eigenvalue weighted by Gasteiger charge is 2.27. The number of carbonyl (C=O) groups is 1. The number of cyclic esters (lactones) is 1. The molecular formula is C20H14ClIN2O6. The van der Waals surface area contributed by atoms with E-state index in [0.29, 0.717) is 23.7 Å². The van der Waals surface area contributed by atoms with Crippen LogP contribution in [0.25, 0.3) is 6.08 Å². The Morgan fingerprint density at radius 1 is 1.37 bits per heavy atom. The first kappa shape index (κ1) is 21.8. The molecule has 8 nitrogen and oxygen atoms in total. The largest absolute Gasteiger partial charge is 0.493 e. The summed E-state index contributed by atoms with van der Waals surface area (Å²) in [5.74, 6) is 0.232. The van der Waals surface area contributed by atoms with E-state index in [4.69, 9.17) is 25.8 Å². The Bertz CT molecular complexity index is 1110. The fourth-order valence-corrected chi connectivity index (χ4v) is 3.56. The van der Waals surface area contributed by atoms with E-state index in [2.05, 4.69) is 34.2 Å². The molecule has 0 aromatic heterocycles. The summed E-state index contributed by atoms with van der Waals surface area (Å²) in [7, 11) is 1.51. The Morgan fingerprint density at radius 3 is 2.80 bits per heavy atom. The Morgan fingerprint density at radius 2 is 2.13 bits per heavy atom. The maximum atomic E-state index is 12.3. The van der Waals surface area contributed by atoms with E-state index in [1.165, 1.54) is 31.4 Å². The molecule has 3 rings (SSSR count). The van der Waals surface area contributed by atoms with Crippen LogP contribution in [0.2, 0.25) is 5.02 Å². The summed E-state index contributed by atoms with van der Waals surface area (Å²) >= 11 is 8.20. The Hall–Kier alpha value is -2.92. The summed E-state index contributed by atoms with van der Waals surface area (Å²) in [6.07, 6.45) is 3.14. The first-order valence-corrected chi connectivity index (χ1v) is 9.87. The molecule has 0 spiro atoms. The van der Waals surface area contributed by atoms with Gasteiger partial charge in [-0.05, 0) is 52.4 Å². The van der Waals surface area contributed by atoms with Crippen molar-refractivity contribution in [1.29, 1.82) is 0 Å². The second-order valence-corrected chi connectivity index (χ2v) is 7.46. The molecule has 0 atom stereocenters. The van der Waals surface area contributed by atoms with Crippen molar-refractivity contribution < 1.29 is 23.9 Å². The summed E-state index contributed by atoms with van der Waals surface area (Å²) in [6.45, 7) is 3.93. The summed E-state index contributed by atoms with van der Waals surface area (Å²) in [5.41, 5.74) is 0.609. The van der Waals surface area contributed by atoms with Gasteiger partial charge in [-0.1, -0.05) is 24.3 Å². The van der Waals surface area contributed by atoms with Gasteiger partial charge in [0.1, 0.15) is 6.61 Å². The fraction of sp³-hybridized carbons (Fsp3) is 0.100. The smallest absolute Gasteiger partial charge is 0.363 e. The molecule has 0 radical (unpaired) electrons. The van der Waals surface area contributed by atoms with Crippen molar-refractivity contribution in [3.8, 4) is 11.5 Å². The van der Waals surface area contributed by atoms with Crippen LogP contribution in [-0.4, -0.2) is 30.5 Å². The lowest BCUT2D eigenvalue weighted by molar-refractivity contribution is -0.384. The normalized spacial score (nSPS) is 14.3. The number of methoxy groups -OCH3 is 1. The van der Waals surface area contributed by atoms with Gasteiger partial charge in [-0.3, -0.25) is 10.1 Å². The van der Waals surface area contributed by atoms with E-state index in [9.17, 15) is 14.9 Å². The quantitative estimate of drug-likeness (QED) is 0.125. The van der Waals surface area contributed by atoms with Crippen molar-refractivity contribution in [2.45, 2.75) is 0 Å². The number of non-ortho nitro benzene ring substituents is 1. The Kier molecular flexibility index (Phi) is 6.73. The third kappa shape index (κ3) is 4.62. The van der Waals surface area contributed by atoms with Crippen molar-refractivity contribution in [3.05, 3.63) is 78.5 Å². The summed E-state index contributed by atoms with van der Waals surface area (Å²) in [4.78, 5) is 26.9. The number of halogens is 2. The zero-order valence-corrected chi connectivity index (χ0v) is 18.5. The standard InChI is InChI=1S/C20H14ClIN2O6/c1-3-6-29-18-15(22)7-11(9-17(18)28-2)8-16-20(25)30-19(23-16)13-10-12(24(26)27)4-5-14(13)21/h3-5,7-10H,1,6H2,2H3/b16-8+. The van der Waals surface area contributed by atoms with Gasteiger partial charge in [0.05, 0.1) is 26.2 Å². The third-order valence-corrected chi connectivity index (χ3v) is 5.04. The molecule has 0 saturated carbocycles. The molecule has 0 fully saturated rings. The second-order valence-electron chi connectivity index (χ2n) is 5.89. The molecule has 1 aliphatic heterocycles. The number of hydrogen-bond acceptors (Lipinski definition) is 7. The van der Waals surface area contributed by atoms with Crippen LogP contribution in [0.5, 0.6) is 11.5 Å². The first-order valence-electron chi connectivity index (χ1n) is 8.42. The number of nitro groups is 1. The van der Waals surface area contributed by atoms with Gasteiger partial charge in [-0.15, -0.1) is 0 Å². The fourth-order valence-electron chi connectivity index (χ4n) is 2.58. The van der Waals surface area contributed by atoms with E-state index in [1.807, 2.05) is 0 Å². The minimum atomic E-state index is -0.700. The minimum absolute atomic E-state index is 0.0187. The molecule has 154 valence electrons. The molecule has 0 amide bonds. The number of aliphatic imine (C=N–C) groups is 1. The van der Waals surface area contributed by atoms with Crippen molar-refractivity contribution in [1.82, 2.24) is 0 Å². The van der Waals surface area contributed by atoms with Crippen LogP contribution in [0.3, 0.4) is 0 Å². The zero-order chi connectivity index (χ0) is 21.8. The van der Waals surface area contributed by atoms with Crippen LogP contribution in [-0.2, 0) is 9.53 Å². The van der Waals surface area contributed by atoms with Gasteiger partial charge in [-0.25, -0.2) is 9.79 Å². The molecular weight excluding hydrogens is 527 g/mol. The Labute approximate surface area is 190 Å². The van der Waals surface area contributed by atoms with Crippen LogP contribution in [0, 0.1) is 13.7 Å². The zero-order valence-electron chi connectivity index (χ0n) is 15.6. The highest BCUT2D eigenvalue weighted by Crippen LogP contribution is 2.35. The highest BCUT2D eigenvalue weighted by atomic mass is 127. The van der Waals surface area contributed by atoms with E-state index in [0.717, 1.165) is 3.57 Å². The van der Waals surface area contributed by atoms with Crippen LogP contribution >= 0.6 is 34.2 Å². The third-order valence-electron chi connectivity index (χ3n) is 3.91. The predicted molar refractivity (Wildman–Crippen MR) is 120 cm³/mol.